The molecule has 1 heterocycles. The maximum atomic E-state index is 3.67. The lowest BCUT2D eigenvalue weighted by Gasteiger charge is -2.18. The highest BCUT2D eigenvalue weighted by atomic mass is 15.2. The SMILES string of the molecule is CC(C)NCCC1CCN(CCNCC2CCCC2)C1. The van der Waals surface area contributed by atoms with Gasteiger partial charge in [0.25, 0.3) is 0 Å². The van der Waals surface area contributed by atoms with Crippen LogP contribution in [-0.4, -0.2) is 50.2 Å². The maximum Gasteiger partial charge on any atom is 0.0107 e. The van der Waals surface area contributed by atoms with Gasteiger partial charge in [0.05, 0.1) is 0 Å². The molecule has 0 aromatic rings. The fraction of sp³-hybridized carbons (Fsp3) is 1.00. The van der Waals surface area contributed by atoms with Gasteiger partial charge in [0.15, 0.2) is 0 Å². The first-order valence-corrected chi connectivity index (χ1v) is 8.90. The van der Waals surface area contributed by atoms with E-state index in [2.05, 4.69) is 29.4 Å². The molecule has 1 aliphatic carbocycles. The Kier molecular flexibility index (Phi) is 7.32. The van der Waals surface area contributed by atoms with Crippen LogP contribution in [0.2, 0.25) is 0 Å². The maximum absolute atomic E-state index is 3.67. The number of hydrogen-bond donors (Lipinski definition) is 2. The van der Waals surface area contributed by atoms with E-state index in [0.717, 1.165) is 11.8 Å². The second-order valence-electron chi connectivity index (χ2n) is 7.21. The molecule has 1 atom stereocenters. The lowest BCUT2D eigenvalue weighted by atomic mass is 10.1. The van der Waals surface area contributed by atoms with E-state index in [4.69, 9.17) is 0 Å². The quantitative estimate of drug-likeness (QED) is 0.636. The average molecular weight is 281 g/mol. The summed E-state index contributed by atoms with van der Waals surface area (Å²) < 4.78 is 0. The first kappa shape index (κ1) is 16.3. The molecule has 20 heavy (non-hydrogen) atoms. The summed E-state index contributed by atoms with van der Waals surface area (Å²) in [5, 5.41) is 7.21. The van der Waals surface area contributed by atoms with Crippen LogP contribution < -0.4 is 10.6 Å². The van der Waals surface area contributed by atoms with Crippen LogP contribution in [-0.2, 0) is 0 Å². The third-order valence-electron chi connectivity index (χ3n) is 4.99. The lowest BCUT2D eigenvalue weighted by Crippen LogP contribution is -2.33. The molecule has 1 aliphatic heterocycles. The Bertz CT molecular complexity index is 249. The van der Waals surface area contributed by atoms with E-state index in [1.54, 1.807) is 0 Å². The van der Waals surface area contributed by atoms with Gasteiger partial charge in [0.1, 0.15) is 0 Å². The summed E-state index contributed by atoms with van der Waals surface area (Å²) in [6.07, 6.45) is 8.60. The van der Waals surface area contributed by atoms with Crippen LogP contribution >= 0.6 is 0 Å². The van der Waals surface area contributed by atoms with E-state index >= 15 is 0 Å². The van der Waals surface area contributed by atoms with Crippen molar-refractivity contribution in [3.05, 3.63) is 0 Å². The third kappa shape index (κ3) is 6.11. The Morgan fingerprint density at radius 1 is 1.05 bits per heavy atom. The predicted molar refractivity (Wildman–Crippen MR) is 87.1 cm³/mol. The molecule has 3 heteroatoms. The molecule has 0 amide bonds. The van der Waals surface area contributed by atoms with Gasteiger partial charge >= 0.3 is 0 Å². The minimum Gasteiger partial charge on any atom is -0.315 e. The van der Waals surface area contributed by atoms with Crippen LogP contribution in [0.3, 0.4) is 0 Å². The van der Waals surface area contributed by atoms with Crippen molar-refractivity contribution in [2.75, 3.05) is 39.3 Å². The van der Waals surface area contributed by atoms with Gasteiger partial charge in [-0.15, -0.1) is 0 Å². The Labute approximate surface area is 125 Å². The summed E-state index contributed by atoms with van der Waals surface area (Å²) in [5.74, 6) is 1.90. The Morgan fingerprint density at radius 3 is 2.60 bits per heavy atom. The number of likely N-dealkylation sites (tertiary alicyclic amines) is 1. The minimum atomic E-state index is 0.632. The van der Waals surface area contributed by atoms with Crippen molar-refractivity contribution in [2.45, 2.75) is 58.4 Å². The minimum absolute atomic E-state index is 0.632. The van der Waals surface area contributed by atoms with Crippen LogP contribution in [0, 0.1) is 11.8 Å². The summed E-state index contributed by atoms with van der Waals surface area (Å²) in [4.78, 5) is 2.65. The monoisotopic (exact) mass is 281 g/mol. The molecule has 1 saturated carbocycles. The Hall–Kier alpha value is -0.120. The number of nitrogens with zero attached hydrogens (tertiary/aromatic N) is 1. The molecule has 2 fully saturated rings. The van der Waals surface area contributed by atoms with Crippen LogP contribution in [0.25, 0.3) is 0 Å². The number of nitrogens with one attached hydrogen (secondary N) is 2. The van der Waals surface area contributed by atoms with Crippen molar-refractivity contribution in [3.8, 4) is 0 Å². The molecule has 2 rings (SSSR count). The predicted octanol–water partition coefficient (Wildman–Crippen LogP) is 2.48. The van der Waals surface area contributed by atoms with Gasteiger partial charge in [-0.25, -0.2) is 0 Å². The van der Waals surface area contributed by atoms with Gasteiger partial charge in [-0.2, -0.15) is 0 Å². The molecule has 2 N–H and O–H groups in total. The van der Waals surface area contributed by atoms with Gasteiger partial charge in [0, 0.05) is 25.7 Å². The Morgan fingerprint density at radius 2 is 1.85 bits per heavy atom. The summed E-state index contributed by atoms with van der Waals surface area (Å²) >= 11 is 0. The molecular weight excluding hydrogens is 246 g/mol. The smallest absolute Gasteiger partial charge is 0.0107 e. The summed E-state index contributed by atoms with van der Waals surface area (Å²) in [5.41, 5.74) is 0. The van der Waals surface area contributed by atoms with Crippen molar-refractivity contribution in [3.63, 3.8) is 0 Å². The highest BCUT2D eigenvalue weighted by Crippen LogP contribution is 2.23. The van der Waals surface area contributed by atoms with Gasteiger partial charge in [-0.05, 0) is 57.2 Å². The highest BCUT2D eigenvalue weighted by molar-refractivity contribution is 4.77. The van der Waals surface area contributed by atoms with E-state index in [1.165, 1.54) is 77.8 Å². The topological polar surface area (TPSA) is 27.3 Å². The van der Waals surface area contributed by atoms with E-state index in [0.29, 0.717) is 6.04 Å². The third-order valence-corrected chi connectivity index (χ3v) is 4.99. The fourth-order valence-corrected chi connectivity index (χ4v) is 3.69. The molecule has 0 bridgehead atoms. The summed E-state index contributed by atoms with van der Waals surface area (Å²) in [6.45, 7) is 12.0. The first-order valence-electron chi connectivity index (χ1n) is 8.90. The van der Waals surface area contributed by atoms with Crippen LogP contribution in [0.5, 0.6) is 0 Å². The zero-order valence-electron chi connectivity index (χ0n) is 13.7. The second kappa shape index (κ2) is 9.01. The standard InChI is InChI=1S/C17H35N3/c1-15(2)19-9-7-17-8-11-20(14-17)12-10-18-13-16-5-3-4-6-16/h15-19H,3-14H2,1-2H3. The van der Waals surface area contributed by atoms with E-state index in [9.17, 15) is 0 Å². The Balaban J connectivity index is 1.46. The normalized spacial score (nSPS) is 25.1. The van der Waals surface area contributed by atoms with E-state index in [1.807, 2.05) is 0 Å². The largest absolute Gasteiger partial charge is 0.315 e. The van der Waals surface area contributed by atoms with Crippen LogP contribution in [0.4, 0.5) is 0 Å². The lowest BCUT2D eigenvalue weighted by molar-refractivity contribution is 0.313. The molecule has 2 aliphatic rings. The van der Waals surface area contributed by atoms with Crippen molar-refractivity contribution in [1.29, 1.82) is 0 Å². The second-order valence-corrected chi connectivity index (χ2v) is 7.21. The molecule has 0 radical (unpaired) electrons. The molecule has 0 spiro atoms. The highest BCUT2D eigenvalue weighted by Gasteiger charge is 2.21. The molecule has 1 unspecified atom stereocenters. The number of hydrogen-bond acceptors (Lipinski definition) is 3. The van der Waals surface area contributed by atoms with Crippen molar-refractivity contribution < 1.29 is 0 Å². The van der Waals surface area contributed by atoms with Gasteiger partial charge in [-0.1, -0.05) is 26.7 Å². The zero-order valence-corrected chi connectivity index (χ0v) is 13.7. The average Bonchev–Trinajstić information content (AvgIpc) is 3.05. The fourth-order valence-electron chi connectivity index (χ4n) is 3.69. The molecule has 3 nitrogen and oxygen atoms in total. The number of rotatable bonds is 9. The molecule has 1 saturated heterocycles. The van der Waals surface area contributed by atoms with Crippen LogP contribution in [0.1, 0.15) is 52.4 Å². The summed E-state index contributed by atoms with van der Waals surface area (Å²) in [7, 11) is 0. The van der Waals surface area contributed by atoms with Crippen molar-refractivity contribution in [1.82, 2.24) is 15.5 Å². The first-order chi connectivity index (χ1) is 9.74. The molecule has 0 aromatic heterocycles. The van der Waals surface area contributed by atoms with E-state index < -0.39 is 0 Å². The summed E-state index contributed by atoms with van der Waals surface area (Å²) in [6, 6.07) is 0.632. The zero-order chi connectivity index (χ0) is 14.2. The van der Waals surface area contributed by atoms with Crippen molar-refractivity contribution in [2.24, 2.45) is 11.8 Å². The van der Waals surface area contributed by atoms with Gasteiger partial charge in [0.2, 0.25) is 0 Å². The van der Waals surface area contributed by atoms with Gasteiger partial charge < -0.3 is 15.5 Å². The van der Waals surface area contributed by atoms with Crippen molar-refractivity contribution >= 4 is 0 Å². The van der Waals surface area contributed by atoms with Gasteiger partial charge in [-0.3, -0.25) is 0 Å². The molecule has 118 valence electrons. The molecule has 0 aromatic carbocycles. The molecular formula is C17H35N3. The van der Waals surface area contributed by atoms with E-state index in [-0.39, 0.29) is 0 Å². The van der Waals surface area contributed by atoms with Crippen LogP contribution in [0.15, 0.2) is 0 Å².